The molecule has 2 aromatic carbocycles. The predicted molar refractivity (Wildman–Crippen MR) is 72.2 cm³/mol. The average Bonchev–Trinajstić information content (AvgIpc) is 2.22. The van der Waals surface area contributed by atoms with Gasteiger partial charge in [-0.2, -0.15) is 0 Å². The van der Waals surface area contributed by atoms with E-state index in [-0.39, 0.29) is 0 Å². The van der Waals surface area contributed by atoms with E-state index in [0.717, 1.165) is 11.8 Å². The molecule has 0 spiro atoms. The monoisotopic (exact) mass is 230 g/mol. The van der Waals surface area contributed by atoms with E-state index in [1.807, 2.05) is 0 Å². The Bertz CT molecular complexity index is 631. The van der Waals surface area contributed by atoms with Crippen molar-refractivity contribution in [3.63, 3.8) is 0 Å². The smallest absolute Gasteiger partial charge is 0.00753 e. The summed E-state index contributed by atoms with van der Waals surface area (Å²) in [7, 11) is 0. The third-order valence-corrected chi connectivity index (χ3v) is 5.72. The molecule has 2 aromatic rings. The molecule has 0 saturated heterocycles. The molecule has 0 saturated carbocycles. The fourth-order valence-electron chi connectivity index (χ4n) is 4.71. The molecular formula is C18H14. The van der Waals surface area contributed by atoms with E-state index < -0.39 is 0 Å². The molecule has 0 fully saturated rings. The molecule has 6 rings (SSSR count). The zero-order chi connectivity index (χ0) is 11.4. The highest BCUT2D eigenvalue weighted by atomic mass is 14.4. The second-order valence-electron chi connectivity index (χ2n) is 6.63. The third-order valence-electron chi connectivity index (χ3n) is 5.72. The van der Waals surface area contributed by atoms with Crippen molar-refractivity contribution in [1.29, 1.82) is 0 Å². The van der Waals surface area contributed by atoms with Crippen LogP contribution in [0.15, 0.2) is 24.3 Å². The number of hydrogen-bond donors (Lipinski definition) is 0. The lowest BCUT2D eigenvalue weighted by Gasteiger charge is -2.43. The maximum atomic E-state index is 2.46. The minimum atomic E-state index is 0.941. The zero-order valence-corrected chi connectivity index (χ0v) is 10.3. The molecule has 0 aromatic heterocycles. The molecule has 86 valence electrons. The van der Waals surface area contributed by atoms with Crippen LogP contribution in [0.25, 0.3) is 11.1 Å². The summed E-state index contributed by atoms with van der Waals surface area (Å²) in [6.07, 6.45) is 5.37. The molecule has 4 aliphatic rings. The van der Waals surface area contributed by atoms with Crippen molar-refractivity contribution >= 4 is 0 Å². The van der Waals surface area contributed by atoms with Gasteiger partial charge in [-0.05, 0) is 82.0 Å². The maximum absolute atomic E-state index is 2.46. The molecule has 18 heavy (non-hydrogen) atoms. The Morgan fingerprint density at radius 3 is 1.17 bits per heavy atom. The van der Waals surface area contributed by atoms with Crippen LogP contribution in [0.2, 0.25) is 0 Å². The van der Waals surface area contributed by atoms with E-state index in [9.17, 15) is 0 Å². The number of benzene rings is 2. The van der Waals surface area contributed by atoms with Crippen molar-refractivity contribution in [3.05, 3.63) is 57.6 Å². The molecule has 0 nitrogen and oxygen atoms in total. The Morgan fingerprint density at radius 1 is 0.556 bits per heavy atom. The van der Waals surface area contributed by atoms with Crippen LogP contribution in [0, 0.1) is 0 Å². The fourth-order valence-corrected chi connectivity index (χ4v) is 4.71. The van der Waals surface area contributed by atoms with Crippen molar-refractivity contribution in [2.75, 3.05) is 0 Å². The topological polar surface area (TPSA) is 0 Å². The average molecular weight is 230 g/mol. The van der Waals surface area contributed by atoms with Gasteiger partial charge in [0.2, 0.25) is 0 Å². The van der Waals surface area contributed by atoms with E-state index in [2.05, 4.69) is 24.3 Å². The number of rotatable bonds is 1. The summed E-state index contributed by atoms with van der Waals surface area (Å²) in [6, 6.07) is 9.82. The van der Waals surface area contributed by atoms with Gasteiger partial charge in [0.15, 0.2) is 0 Å². The maximum Gasteiger partial charge on any atom is -0.00753 e. The molecule has 0 atom stereocenters. The van der Waals surface area contributed by atoms with Gasteiger partial charge in [-0.1, -0.05) is 24.3 Å². The Labute approximate surface area is 107 Å². The second kappa shape index (κ2) is 2.42. The SMILES string of the molecule is c1c(-c2cc3c4c(c2)CC4C3)cc2c3c1CC3C2. The molecule has 0 N–H and O–H groups in total. The Morgan fingerprint density at radius 2 is 0.889 bits per heavy atom. The highest BCUT2D eigenvalue weighted by molar-refractivity contribution is 5.74. The third kappa shape index (κ3) is 0.764. The molecule has 0 heteroatoms. The predicted octanol–water partition coefficient (Wildman–Crippen LogP) is 3.75. The van der Waals surface area contributed by atoms with Gasteiger partial charge in [0.25, 0.3) is 0 Å². The first-order valence-electron chi connectivity index (χ1n) is 7.18. The minimum Gasteiger partial charge on any atom is -0.0508 e. The summed E-state index contributed by atoms with van der Waals surface area (Å²) < 4.78 is 0. The first-order chi connectivity index (χ1) is 8.87. The van der Waals surface area contributed by atoms with Crippen molar-refractivity contribution in [2.45, 2.75) is 37.5 Å². The van der Waals surface area contributed by atoms with Crippen LogP contribution in [0.1, 0.15) is 45.2 Å². The molecule has 0 heterocycles. The molecule has 0 bridgehead atoms. The molecule has 4 aliphatic carbocycles. The highest BCUT2D eigenvalue weighted by Gasteiger charge is 2.39. The van der Waals surface area contributed by atoms with Gasteiger partial charge >= 0.3 is 0 Å². The lowest BCUT2D eigenvalue weighted by Crippen LogP contribution is -2.31. The molecule has 0 unspecified atom stereocenters. The van der Waals surface area contributed by atoms with Gasteiger partial charge in [-0.3, -0.25) is 0 Å². The fraction of sp³-hybridized carbons (Fsp3) is 0.333. The van der Waals surface area contributed by atoms with Crippen LogP contribution in [-0.4, -0.2) is 0 Å². The first kappa shape index (κ1) is 8.53. The summed E-state index contributed by atoms with van der Waals surface area (Å²) in [5, 5.41) is 0. The summed E-state index contributed by atoms with van der Waals surface area (Å²) in [4.78, 5) is 0. The van der Waals surface area contributed by atoms with Gasteiger partial charge < -0.3 is 0 Å². The summed E-state index contributed by atoms with van der Waals surface area (Å²) in [6.45, 7) is 0. The van der Waals surface area contributed by atoms with E-state index in [1.165, 1.54) is 36.8 Å². The lowest BCUT2D eigenvalue weighted by molar-refractivity contribution is 0.525. The standard InChI is InChI=1S/C18H14/c1-9(2-12-6-15-5-11(1)17(12)15)10-3-13-7-16-8-14(4-10)18(13)16/h1-4,15-16H,5-8H2. The second-order valence-corrected chi connectivity index (χ2v) is 6.63. The van der Waals surface area contributed by atoms with Crippen molar-refractivity contribution < 1.29 is 0 Å². The summed E-state index contributed by atoms with van der Waals surface area (Å²) >= 11 is 0. The van der Waals surface area contributed by atoms with E-state index >= 15 is 0 Å². The van der Waals surface area contributed by atoms with Crippen molar-refractivity contribution in [2.24, 2.45) is 0 Å². The molecule has 0 aliphatic heterocycles. The van der Waals surface area contributed by atoms with Crippen LogP contribution in [0.4, 0.5) is 0 Å². The van der Waals surface area contributed by atoms with Crippen molar-refractivity contribution in [3.8, 4) is 11.1 Å². The molecule has 0 amide bonds. The van der Waals surface area contributed by atoms with Gasteiger partial charge in [-0.15, -0.1) is 0 Å². The quantitative estimate of drug-likeness (QED) is 0.700. The normalized spacial score (nSPS) is 21.1. The Balaban J connectivity index is 1.59. The van der Waals surface area contributed by atoms with E-state index in [1.54, 1.807) is 33.4 Å². The van der Waals surface area contributed by atoms with Crippen LogP contribution < -0.4 is 0 Å². The van der Waals surface area contributed by atoms with Gasteiger partial charge in [0, 0.05) is 0 Å². The highest BCUT2D eigenvalue weighted by Crippen LogP contribution is 2.53. The van der Waals surface area contributed by atoms with Gasteiger partial charge in [0.1, 0.15) is 0 Å². The van der Waals surface area contributed by atoms with E-state index in [0.29, 0.717) is 0 Å². The van der Waals surface area contributed by atoms with E-state index in [4.69, 9.17) is 0 Å². The number of hydrogen-bond acceptors (Lipinski definition) is 0. The van der Waals surface area contributed by atoms with Crippen LogP contribution in [0.5, 0.6) is 0 Å². The van der Waals surface area contributed by atoms with Crippen LogP contribution >= 0.6 is 0 Å². The first-order valence-corrected chi connectivity index (χ1v) is 7.18. The van der Waals surface area contributed by atoms with Gasteiger partial charge in [0.05, 0.1) is 0 Å². The zero-order valence-electron chi connectivity index (χ0n) is 10.3. The summed E-state index contributed by atoms with van der Waals surface area (Å²) in [5.41, 5.74) is 12.9. The minimum absolute atomic E-state index is 0.941. The Hall–Kier alpha value is -1.56. The van der Waals surface area contributed by atoms with Crippen LogP contribution in [0.3, 0.4) is 0 Å². The van der Waals surface area contributed by atoms with Gasteiger partial charge in [-0.25, -0.2) is 0 Å². The molecule has 0 radical (unpaired) electrons. The van der Waals surface area contributed by atoms with Crippen LogP contribution in [-0.2, 0) is 25.7 Å². The van der Waals surface area contributed by atoms with Crippen molar-refractivity contribution in [1.82, 2.24) is 0 Å². The largest absolute Gasteiger partial charge is 0.0508 e. The summed E-state index contributed by atoms with van der Waals surface area (Å²) in [5.74, 6) is 1.88. The lowest BCUT2D eigenvalue weighted by atomic mass is 9.61. The molecular weight excluding hydrogens is 216 g/mol. The Kier molecular flexibility index (Phi) is 1.15.